The number of likely N-dealkylation sites (N-methyl/N-ethyl adjacent to an activating group) is 1. The first-order chi connectivity index (χ1) is 7.29. The van der Waals surface area contributed by atoms with Crippen molar-refractivity contribution in [3.63, 3.8) is 0 Å². The molecule has 0 spiro atoms. The Bertz CT molecular complexity index is 302. The summed E-state index contributed by atoms with van der Waals surface area (Å²) in [6.07, 6.45) is 2.46. The zero-order valence-corrected chi connectivity index (χ0v) is 10.4. The molecule has 0 aliphatic carbocycles. The summed E-state index contributed by atoms with van der Waals surface area (Å²) >= 11 is 1.96. The molecule has 0 amide bonds. The van der Waals surface area contributed by atoms with Crippen LogP contribution in [0.25, 0.3) is 0 Å². The lowest BCUT2D eigenvalue weighted by atomic mass is 10.2. The Kier molecular flexibility index (Phi) is 3.78. The van der Waals surface area contributed by atoms with Gasteiger partial charge in [0.15, 0.2) is 0 Å². The lowest BCUT2D eigenvalue weighted by Gasteiger charge is -2.22. The molecule has 1 N–H and O–H groups in total. The van der Waals surface area contributed by atoms with Crippen molar-refractivity contribution >= 4 is 11.3 Å². The van der Waals surface area contributed by atoms with Gasteiger partial charge in [-0.3, -0.25) is 4.90 Å². The lowest BCUT2D eigenvalue weighted by molar-refractivity contribution is 0.251. The minimum Gasteiger partial charge on any atom is -0.315 e. The normalized spacial score (nSPS) is 21.4. The van der Waals surface area contributed by atoms with Crippen LogP contribution in [0.1, 0.15) is 23.1 Å². The van der Waals surface area contributed by atoms with Crippen molar-refractivity contribution < 1.29 is 0 Å². The van der Waals surface area contributed by atoms with E-state index in [2.05, 4.69) is 36.3 Å². The molecule has 1 aliphatic heterocycles. The molecular formula is C12H20N2S. The molecule has 2 nitrogen and oxygen atoms in total. The minimum atomic E-state index is 0.733. The van der Waals surface area contributed by atoms with Crippen LogP contribution in [0.15, 0.2) is 12.1 Å². The van der Waals surface area contributed by atoms with Crippen molar-refractivity contribution in [2.75, 3.05) is 20.1 Å². The molecule has 1 atom stereocenters. The highest BCUT2D eigenvalue weighted by Crippen LogP contribution is 2.20. The van der Waals surface area contributed by atoms with Crippen LogP contribution in [0.4, 0.5) is 0 Å². The average molecular weight is 224 g/mol. The summed E-state index contributed by atoms with van der Waals surface area (Å²) in [4.78, 5) is 5.48. The maximum atomic E-state index is 3.42. The van der Waals surface area contributed by atoms with Gasteiger partial charge in [-0.25, -0.2) is 0 Å². The summed E-state index contributed by atoms with van der Waals surface area (Å²) in [5.41, 5.74) is 0. The highest BCUT2D eigenvalue weighted by atomic mass is 32.1. The fourth-order valence-electron chi connectivity index (χ4n) is 2.09. The zero-order valence-electron chi connectivity index (χ0n) is 9.62. The number of thiophene rings is 1. The standard InChI is InChI=1S/C12H20N2S/c1-3-11-4-5-12(15-11)9-14(2)10-6-7-13-8-10/h4-5,10,13H,3,6-9H2,1-2H3. The van der Waals surface area contributed by atoms with Crippen LogP contribution in [-0.2, 0) is 13.0 Å². The van der Waals surface area contributed by atoms with Crippen molar-refractivity contribution in [1.82, 2.24) is 10.2 Å². The Morgan fingerprint density at radius 1 is 1.47 bits per heavy atom. The predicted molar refractivity (Wildman–Crippen MR) is 66.4 cm³/mol. The Morgan fingerprint density at radius 3 is 2.87 bits per heavy atom. The second-order valence-corrected chi connectivity index (χ2v) is 5.54. The molecule has 84 valence electrons. The van der Waals surface area contributed by atoms with Gasteiger partial charge in [-0.1, -0.05) is 6.92 Å². The number of hydrogen-bond acceptors (Lipinski definition) is 3. The molecule has 0 bridgehead atoms. The van der Waals surface area contributed by atoms with E-state index < -0.39 is 0 Å². The lowest BCUT2D eigenvalue weighted by Crippen LogP contribution is -2.32. The molecule has 2 rings (SSSR count). The molecule has 1 unspecified atom stereocenters. The molecule has 1 fully saturated rings. The molecular weight excluding hydrogens is 204 g/mol. The van der Waals surface area contributed by atoms with Gasteiger partial charge in [-0.2, -0.15) is 0 Å². The van der Waals surface area contributed by atoms with E-state index in [9.17, 15) is 0 Å². The van der Waals surface area contributed by atoms with Crippen molar-refractivity contribution in [1.29, 1.82) is 0 Å². The van der Waals surface area contributed by atoms with Crippen LogP contribution in [-0.4, -0.2) is 31.1 Å². The number of nitrogens with one attached hydrogen (secondary N) is 1. The molecule has 1 aromatic rings. The van der Waals surface area contributed by atoms with Gasteiger partial charge in [0.05, 0.1) is 0 Å². The second-order valence-electron chi connectivity index (χ2n) is 4.28. The van der Waals surface area contributed by atoms with Gasteiger partial charge in [-0.15, -0.1) is 11.3 Å². The maximum Gasteiger partial charge on any atom is 0.0328 e. The first kappa shape index (κ1) is 11.1. The van der Waals surface area contributed by atoms with E-state index in [4.69, 9.17) is 0 Å². The number of rotatable bonds is 4. The largest absolute Gasteiger partial charge is 0.315 e. The summed E-state index contributed by atoms with van der Waals surface area (Å²) in [6, 6.07) is 5.28. The maximum absolute atomic E-state index is 3.42. The van der Waals surface area contributed by atoms with Gasteiger partial charge in [0.25, 0.3) is 0 Å². The van der Waals surface area contributed by atoms with E-state index in [0.29, 0.717) is 0 Å². The SMILES string of the molecule is CCc1ccc(CN(C)C2CCNC2)s1. The van der Waals surface area contributed by atoms with Crippen LogP contribution < -0.4 is 5.32 Å². The van der Waals surface area contributed by atoms with E-state index in [1.54, 1.807) is 0 Å². The molecule has 1 aromatic heterocycles. The van der Waals surface area contributed by atoms with Gasteiger partial charge in [0.2, 0.25) is 0 Å². The first-order valence-electron chi connectivity index (χ1n) is 5.78. The number of nitrogens with zero attached hydrogens (tertiary/aromatic N) is 1. The van der Waals surface area contributed by atoms with Crippen molar-refractivity contribution in [3.8, 4) is 0 Å². The molecule has 2 heterocycles. The highest BCUT2D eigenvalue weighted by molar-refractivity contribution is 7.11. The van der Waals surface area contributed by atoms with Gasteiger partial charge in [0, 0.05) is 28.9 Å². The molecule has 0 aromatic carbocycles. The molecule has 1 aliphatic rings. The van der Waals surface area contributed by atoms with E-state index in [-0.39, 0.29) is 0 Å². The topological polar surface area (TPSA) is 15.3 Å². The van der Waals surface area contributed by atoms with Crippen LogP contribution >= 0.6 is 11.3 Å². The van der Waals surface area contributed by atoms with Crippen LogP contribution in [0.2, 0.25) is 0 Å². The summed E-state index contributed by atoms with van der Waals surface area (Å²) in [5, 5.41) is 3.42. The second kappa shape index (κ2) is 5.10. The van der Waals surface area contributed by atoms with E-state index >= 15 is 0 Å². The summed E-state index contributed by atoms with van der Waals surface area (Å²) in [7, 11) is 2.24. The van der Waals surface area contributed by atoms with Crippen LogP contribution in [0.5, 0.6) is 0 Å². The first-order valence-corrected chi connectivity index (χ1v) is 6.59. The van der Waals surface area contributed by atoms with Crippen LogP contribution in [0.3, 0.4) is 0 Å². The van der Waals surface area contributed by atoms with E-state index in [0.717, 1.165) is 19.1 Å². The van der Waals surface area contributed by atoms with Gasteiger partial charge in [0.1, 0.15) is 0 Å². The Hall–Kier alpha value is -0.380. The Labute approximate surface area is 96.3 Å². The molecule has 0 radical (unpaired) electrons. The Morgan fingerprint density at radius 2 is 2.27 bits per heavy atom. The summed E-state index contributed by atoms with van der Waals surface area (Å²) < 4.78 is 0. The summed E-state index contributed by atoms with van der Waals surface area (Å²) in [5.74, 6) is 0. The van der Waals surface area contributed by atoms with Crippen molar-refractivity contribution in [2.45, 2.75) is 32.4 Å². The third kappa shape index (κ3) is 2.80. The highest BCUT2D eigenvalue weighted by Gasteiger charge is 2.19. The molecule has 3 heteroatoms. The van der Waals surface area contributed by atoms with Crippen molar-refractivity contribution in [2.24, 2.45) is 0 Å². The third-order valence-corrected chi connectivity index (χ3v) is 4.34. The van der Waals surface area contributed by atoms with E-state index in [1.165, 1.54) is 29.1 Å². The molecule has 0 saturated carbocycles. The molecule has 1 saturated heterocycles. The Balaban J connectivity index is 1.89. The van der Waals surface area contributed by atoms with Gasteiger partial charge >= 0.3 is 0 Å². The fourth-order valence-corrected chi connectivity index (χ4v) is 3.11. The average Bonchev–Trinajstić information content (AvgIpc) is 2.87. The van der Waals surface area contributed by atoms with Crippen LogP contribution in [0, 0.1) is 0 Å². The van der Waals surface area contributed by atoms with Gasteiger partial charge in [-0.05, 0) is 38.6 Å². The monoisotopic (exact) mass is 224 g/mol. The quantitative estimate of drug-likeness (QED) is 0.842. The number of aryl methyl sites for hydroxylation is 1. The summed E-state index contributed by atoms with van der Waals surface area (Å²) in [6.45, 7) is 5.67. The zero-order chi connectivity index (χ0) is 10.7. The van der Waals surface area contributed by atoms with E-state index in [1.807, 2.05) is 11.3 Å². The minimum absolute atomic E-state index is 0.733. The smallest absolute Gasteiger partial charge is 0.0328 e. The van der Waals surface area contributed by atoms with Gasteiger partial charge < -0.3 is 5.32 Å². The fraction of sp³-hybridized carbons (Fsp3) is 0.667. The third-order valence-electron chi connectivity index (χ3n) is 3.13. The number of hydrogen-bond donors (Lipinski definition) is 1. The predicted octanol–water partition coefficient (Wildman–Crippen LogP) is 2.10. The van der Waals surface area contributed by atoms with Crippen molar-refractivity contribution in [3.05, 3.63) is 21.9 Å². The molecule has 15 heavy (non-hydrogen) atoms.